The van der Waals surface area contributed by atoms with E-state index in [0.29, 0.717) is 46.9 Å². The molecule has 0 spiro atoms. The molecule has 2 atom stereocenters. The van der Waals surface area contributed by atoms with Gasteiger partial charge in [0.05, 0.1) is 27.0 Å². The minimum absolute atomic E-state index is 0.0200. The van der Waals surface area contributed by atoms with E-state index in [4.69, 9.17) is 14.2 Å². The maximum absolute atomic E-state index is 13.8. The van der Waals surface area contributed by atoms with Crippen molar-refractivity contribution in [3.63, 3.8) is 0 Å². The van der Waals surface area contributed by atoms with Crippen LogP contribution in [0.15, 0.2) is 81.8 Å². The van der Waals surface area contributed by atoms with Crippen molar-refractivity contribution in [3.8, 4) is 17.2 Å². The molecule has 196 valence electrons. The Kier molecular flexibility index (Phi) is 7.24. The van der Waals surface area contributed by atoms with Crippen LogP contribution in [0.25, 0.3) is 0 Å². The highest BCUT2D eigenvalue weighted by Gasteiger charge is 2.41. The summed E-state index contributed by atoms with van der Waals surface area (Å²) >= 11 is 1.55. The van der Waals surface area contributed by atoms with Crippen LogP contribution in [-0.2, 0) is 9.59 Å². The van der Waals surface area contributed by atoms with Gasteiger partial charge in [0.2, 0.25) is 0 Å². The molecule has 7 nitrogen and oxygen atoms in total. The van der Waals surface area contributed by atoms with Gasteiger partial charge in [0.1, 0.15) is 5.75 Å². The maximum atomic E-state index is 13.8. The number of thiophene rings is 1. The molecule has 0 unspecified atom stereocenters. The Morgan fingerprint density at radius 2 is 1.71 bits per heavy atom. The predicted molar refractivity (Wildman–Crippen MR) is 148 cm³/mol. The molecule has 0 radical (unpaired) electrons. The van der Waals surface area contributed by atoms with E-state index in [0.717, 1.165) is 22.5 Å². The van der Waals surface area contributed by atoms with Gasteiger partial charge in [0.15, 0.2) is 17.3 Å². The number of benzene rings is 2. The molecule has 38 heavy (non-hydrogen) atoms. The number of ether oxygens (including phenoxy) is 3. The number of hydrogen-bond donors (Lipinski definition) is 2. The Morgan fingerprint density at radius 3 is 2.42 bits per heavy atom. The van der Waals surface area contributed by atoms with Gasteiger partial charge in [0, 0.05) is 34.9 Å². The van der Waals surface area contributed by atoms with Gasteiger partial charge in [-0.3, -0.25) is 9.59 Å². The number of dihydropyridines is 1. The standard InChI is InChI=1S/C30H30N2O5S/c1-17-27(30(34)32-21-7-5-6-8-24(21)35-2)28(19-11-12-38-16-19)29-22(31-17)13-20(14-23(29)33)18-9-10-25(36-3)26(15-18)37-4/h5-12,15-16,20,28,31H,13-14H2,1-4H3,(H,32,34)/t20-,28+/m1/s1. The summed E-state index contributed by atoms with van der Waals surface area (Å²) in [5.41, 5.74) is 5.32. The second-order valence-corrected chi connectivity index (χ2v) is 10.1. The quantitative estimate of drug-likeness (QED) is 0.403. The summed E-state index contributed by atoms with van der Waals surface area (Å²) in [5.74, 6) is 1.15. The van der Waals surface area contributed by atoms with Gasteiger partial charge in [-0.05, 0) is 71.5 Å². The smallest absolute Gasteiger partial charge is 0.254 e. The van der Waals surface area contributed by atoms with Crippen LogP contribution in [0.1, 0.15) is 42.7 Å². The molecular weight excluding hydrogens is 500 g/mol. The lowest BCUT2D eigenvalue weighted by Gasteiger charge is -2.36. The molecule has 2 aromatic carbocycles. The summed E-state index contributed by atoms with van der Waals surface area (Å²) in [6.07, 6.45) is 0.993. The Hall–Kier alpha value is -4.04. The fraction of sp³-hybridized carbons (Fsp3) is 0.267. The lowest BCUT2D eigenvalue weighted by Crippen LogP contribution is -2.37. The first-order chi connectivity index (χ1) is 18.4. The molecular formula is C30H30N2O5S. The zero-order chi connectivity index (χ0) is 26.8. The largest absolute Gasteiger partial charge is 0.495 e. The van der Waals surface area contributed by atoms with Crippen LogP contribution in [0.5, 0.6) is 17.2 Å². The number of nitrogens with one attached hydrogen (secondary N) is 2. The Balaban J connectivity index is 1.51. The number of para-hydroxylation sites is 2. The van der Waals surface area contributed by atoms with Gasteiger partial charge in [0.25, 0.3) is 5.91 Å². The highest BCUT2D eigenvalue weighted by molar-refractivity contribution is 7.08. The monoisotopic (exact) mass is 530 g/mol. The summed E-state index contributed by atoms with van der Waals surface area (Å²) in [6, 6.07) is 15.1. The molecule has 0 saturated carbocycles. The first kappa shape index (κ1) is 25.6. The number of amides is 1. The van der Waals surface area contributed by atoms with Crippen LogP contribution in [0.4, 0.5) is 5.69 Å². The molecule has 1 aliphatic carbocycles. The lowest BCUT2D eigenvalue weighted by atomic mass is 9.72. The maximum Gasteiger partial charge on any atom is 0.254 e. The van der Waals surface area contributed by atoms with E-state index in [1.807, 2.05) is 54.1 Å². The van der Waals surface area contributed by atoms with Crippen LogP contribution in [0, 0.1) is 0 Å². The summed E-state index contributed by atoms with van der Waals surface area (Å²) in [4.78, 5) is 27.5. The topological polar surface area (TPSA) is 85.9 Å². The second-order valence-electron chi connectivity index (χ2n) is 9.34. The SMILES string of the molecule is COc1ccccc1NC(=O)C1=C(C)NC2=C(C(=O)C[C@H](c3ccc(OC)c(OC)c3)C2)[C@H]1c1ccsc1. The van der Waals surface area contributed by atoms with Crippen molar-refractivity contribution in [1.29, 1.82) is 0 Å². The highest BCUT2D eigenvalue weighted by atomic mass is 32.1. The zero-order valence-electron chi connectivity index (χ0n) is 21.8. The van der Waals surface area contributed by atoms with E-state index in [-0.39, 0.29) is 17.6 Å². The fourth-order valence-corrected chi connectivity index (χ4v) is 6.08. The minimum Gasteiger partial charge on any atom is -0.495 e. The van der Waals surface area contributed by atoms with E-state index in [1.165, 1.54) is 0 Å². The molecule has 5 rings (SSSR count). The number of methoxy groups -OCH3 is 3. The van der Waals surface area contributed by atoms with Crippen LogP contribution >= 0.6 is 11.3 Å². The Labute approximate surface area is 226 Å². The van der Waals surface area contributed by atoms with Crippen LogP contribution < -0.4 is 24.8 Å². The van der Waals surface area contributed by atoms with Crippen molar-refractivity contribution in [2.24, 2.45) is 0 Å². The minimum atomic E-state index is -0.453. The van der Waals surface area contributed by atoms with Gasteiger partial charge in [-0.25, -0.2) is 0 Å². The summed E-state index contributed by atoms with van der Waals surface area (Å²) in [7, 11) is 4.78. The van der Waals surface area contributed by atoms with Crippen LogP contribution in [0.2, 0.25) is 0 Å². The molecule has 1 aromatic heterocycles. The van der Waals surface area contributed by atoms with E-state index in [2.05, 4.69) is 10.6 Å². The Bertz CT molecular complexity index is 1440. The van der Waals surface area contributed by atoms with Gasteiger partial charge >= 0.3 is 0 Å². The van der Waals surface area contributed by atoms with Crippen molar-refractivity contribution in [1.82, 2.24) is 5.32 Å². The normalized spacial score (nSPS) is 19.0. The summed E-state index contributed by atoms with van der Waals surface area (Å²) in [5, 5.41) is 10.4. The second kappa shape index (κ2) is 10.8. The van der Waals surface area contributed by atoms with Crippen molar-refractivity contribution in [3.05, 3.63) is 93.0 Å². The number of carbonyl (C=O) groups is 2. The van der Waals surface area contributed by atoms with Gasteiger partial charge in [-0.1, -0.05) is 18.2 Å². The van der Waals surface area contributed by atoms with Crippen LogP contribution in [0.3, 0.4) is 0 Å². The van der Waals surface area contributed by atoms with Crippen molar-refractivity contribution >= 4 is 28.7 Å². The number of carbonyl (C=O) groups excluding carboxylic acids is 2. The lowest BCUT2D eigenvalue weighted by molar-refractivity contribution is -0.116. The number of anilines is 1. The number of hydrogen-bond acceptors (Lipinski definition) is 7. The molecule has 2 aliphatic rings. The predicted octanol–water partition coefficient (Wildman–Crippen LogP) is 5.77. The fourth-order valence-electron chi connectivity index (χ4n) is 5.39. The first-order valence-corrected chi connectivity index (χ1v) is 13.3. The van der Waals surface area contributed by atoms with Gasteiger partial charge in [-0.2, -0.15) is 11.3 Å². The van der Waals surface area contributed by atoms with Crippen molar-refractivity contribution in [2.75, 3.05) is 26.6 Å². The average molecular weight is 531 g/mol. The van der Waals surface area contributed by atoms with E-state index in [1.54, 1.807) is 44.8 Å². The number of ketones is 1. The number of Topliss-reactive ketones (excluding diaryl/α,β-unsaturated/α-hetero) is 1. The summed E-state index contributed by atoms with van der Waals surface area (Å²) < 4.78 is 16.3. The van der Waals surface area contributed by atoms with Crippen molar-refractivity contribution < 1.29 is 23.8 Å². The molecule has 2 N–H and O–H groups in total. The molecule has 8 heteroatoms. The van der Waals surface area contributed by atoms with E-state index < -0.39 is 5.92 Å². The average Bonchev–Trinajstić information content (AvgIpc) is 3.46. The molecule has 1 aliphatic heterocycles. The molecule has 1 amide bonds. The third kappa shape index (κ3) is 4.67. The van der Waals surface area contributed by atoms with Gasteiger partial charge in [-0.15, -0.1) is 0 Å². The van der Waals surface area contributed by atoms with E-state index >= 15 is 0 Å². The highest BCUT2D eigenvalue weighted by Crippen LogP contribution is 2.47. The third-order valence-electron chi connectivity index (χ3n) is 7.18. The zero-order valence-corrected chi connectivity index (χ0v) is 22.6. The van der Waals surface area contributed by atoms with Crippen LogP contribution in [-0.4, -0.2) is 33.0 Å². The third-order valence-corrected chi connectivity index (χ3v) is 7.88. The summed E-state index contributed by atoms with van der Waals surface area (Å²) in [6.45, 7) is 1.89. The van der Waals surface area contributed by atoms with E-state index in [9.17, 15) is 9.59 Å². The molecule has 0 saturated heterocycles. The first-order valence-electron chi connectivity index (χ1n) is 12.4. The molecule has 3 aromatic rings. The van der Waals surface area contributed by atoms with Gasteiger partial charge < -0.3 is 24.8 Å². The number of rotatable bonds is 7. The van der Waals surface area contributed by atoms with Crippen molar-refractivity contribution in [2.45, 2.75) is 31.6 Å². The molecule has 0 bridgehead atoms. The molecule has 0 fully saturated rings. The Morgan fingerprint density at radius 1 is 0.947 bits per heavy atom. The molecule has 2 heterocycles. The number of allylic oxidation sites excluding steroid dienone is 3.